The largest absolute Gasteiger partial charge is 0.480 e. The third-order valence-electron chi connectivity index (χ3n) is 5.16. The van der Waals surface area contributed by atoms with Gasteiger partial charge in [0.1, 0.15) is 6.04 Å². The van der Waals surface area contributed by atoms with Gasteiger partial charge in [0.05, 0.1) is 4.90 Å². The van der Waals surface area contributed by atoms with E-state index in [9.17, 15) is 18.0 Å². The van der Waals surface area contributed by atoms with Crippen molar-refractivity contribution in [2.24, 2.45) is 0 Å². The van der Waals surface area contributed by atoms with E-state index in [2.05, 4.69) is 4.72 Å². The highest BCUT2D eigenvalue weighted by atomic mass is 32.2. The van der Waals surface area contributed by atoms with Crippen molar-refractivity contribution in [1.82, 2.24) is 9.62 Å². The Hall–Kier alpha value is -1.93. The molecule has 0 aliphatic rings. The maximum Gasteiger partial charge on any atom is 0.326 e. The lowest BCUT2D eigenvalue weighted by Gasteiger charge is -2.22. The van der Waals surface area contributed by atoms with Crippen LogP contribution in [0.2, 0.25) is 0 Å². The second kappa shape index (κ2) is 8.18. The Morgan fingerprint density at radius 3 is 1.85 bits per heavy atom. The van der Waals surface area contributed by atoms with E-state index >= 15 is 0 Å². The van der Waals surface area contributed by atoms with Gasteiger partial charge in [0.15, 0.2) is 0 Å². The number of carboxylic acid groups (broad SMARTS) is 1. The molecule has 0 bridgehead atoms. The van der Waals surface area contributed by atoms with Gasteiger partial charge in [0, 0.05) is 20.0 Å². The summed E-state index contributed by atoms with van der Waals surface area (Å²) >= 11 is 0. The molecule has 0 aromatic heterocycles. The highest BCUT2D eigenvalue weighted by Gasteiger charge is 2.25. The molecule has 0 spiro atoms. The Bertz CT molecular complexity index is 801. The molecule has 0 heterocycles. The Kier molecular flexibility index (Phi) is 6.95. The fourth-order valence-electron chi connectivity index (χ4n) is 2.79. The molecule has 1 unspecified atom stereocenters. The van der Waals surface area contributed by atoms with Crippen molar-refractivity contribution >= 4 is 21.9 Å². The summed E-state index contributed by atoms with van der Waals surface area (Å²) in [7, 11) is -2.39. The van der Waals surface area contributed by atoms with Crippen molar-refractivity contribution in [3.8, 4) is 0 Å². The third kappa shape index (κ3) is 4.42. The van der Waals surface area contributed by atoms with Crippen LogP contribution in [0.4, 0.5) is 0 Å². The molecule has 0 saturated heterocycles. The number of carboxylic acids is 1. The maximum atomic E-state index is 12.8. The molecule has 0 saturated carbocycles. The maximum absolute atomic E-state index is 12.8. The summed E-state index contributed by atoms with van der Waals surface area (Å²) in [6.45, 7) is 10.6. The van der Waals surface area contributed by atoms with E-state index in [-0.39, 0.29) is 17.9 Å². The van der Waals surface area contributed by atoms with Gasteiger partial charge in [-0.3, -0.25) is 4.79 Å². The van der Waals surface area contributed by atoms with Gasteiger partial charge in [-0.25, -0.2) is 17.9 Å². The first kappa shape index (κ1) is 22.1. The zero-order valence-electron chi connectivity index (χ0n) is 16.4. The molecule has 1 aromatic rings. The number of amides is 1. The highest BCUT2D eigenvalue weighted by Crippen LogP contribution is 2.29. The van der Waals surface area contributed by atoms with E-state index in [0.717, 1.165) is 21.6 Å². The van der Waals surface area contributed by atoms with E-state index in [1.807, 2.05) is 20.8 Å². The summed E-state index contributed by atoms with van der Waals surface area (Å²) in [5, 5.41) is 8.93. The van der Waals surface area contributed by atoms with E-state index in [0.29, 0.717) is 11.1 Å². The number of aliphatic carboxylic acids is 1. The molecule has 1 aromatic carbocycles. The zero-order chi connectivity index (χ0) is 20.4. The van der Waals surface area contributed by atoms with Crippen LogP contribution in [-0.4, -0.2) is 49.9 Å². The lowest BCUT2D eigenvalue weighted by molar-refractivity contribution is -0.148. The summed E-state index contributed by atoms with van der Waals surface area (Å²) in [4.78, 5) is 24.3. The molecule has 0 aliphatic carbocycles. The molecular weight excluding hydrogens is 356 g/mol. The number of likely N-dealkylation sites (N-methyl/N-ethyl adjacent to an activating group) is 1. The standard InChI is InChI=1S/C18H28N2O5S/c1-10-11(2)13(4)17(14(5)12(10)3)26(24,25)19-9-8-16(21)20(7)15(6)18(22)23/h15,19H,8-9H2,1-7H3,(H,22,23). The molecule has 1 amide bonds. The van der Waals surface area contributed by atoms with Gasteiger partial charge in [0.2, 0.25) is 15.9 Å². The van der Waals surface area contributed by atoms with Gasteiger partial charge in [-0.1, -0.05) is 0 Å². The Labute approximate surface area is 155 Å². The minimum absolute atomic E-state index is 0.0945. The van der Waals surface area contributed by atoms with Gasteiger partial charge < -0.3 is 10.0 Å². The number of benzene rings is 1. The summed E-state index contributed by atoms with van der Waals surface area (Å²) in [5.74, 6) is -1.55. The van der Waals surface area contributed by atoms with Gasteiger partial charge in [-0.15, -0.1) is 0 Å². The highest BCUT2D eigenvalue weighted by molar-refractivity contribution is 7.89. The molecule has 2 N–H and O–H groups in total. The number of carbonyl (C=O) groups excluding carboxylic acids is 1. The molecule has 26 heavy (non-hydrogen) atoms. The molecule has 146 valence electrons. The smallest absolute Gasteiger partial charge is 0.326 e. The van der Waals surface area contributed by atoms with Crippen molar-refractivity contribution in [2.45, 2.75) is 58.9 Å². The van der Waals surface area contributed by atoms with E-state index in [1.165, 1.54) is 14.0 Å². The summed E-state index contributed by atoms with van der Waals surface area (Å²) in [6.07, 6.45) is -0.116. The van der Waals surface area contributed by atoms with Crippen molar-refractivity contribution in [2.75, 3.05) is 13.6 Å². The summed E-state index contributed by atoms with van der Waals surface area (Å²) < 4.78 is 28.0. The lowest BCUT2D eigenvalue weighted by Crippen LogP contribution is -2.41. The molecule has 1 rings (SSSR count). The van der Waals surface area contributed by atoms with Crippen LogP contribution in [0.15, 0.2) is 4.90 Å². The van der Waals surface area contributed by atoms with Gasteiger partial charge >= 0.3 is 5.97 Å². The van der Waals surface area contributed by atoms with Crippen LogP contribution in [0, 0.1) is 34.6 Å². The van der Waals surface area contributed by atoms with Crippen molar-refractivity contribution in [1.29, 1.82) is 0 Å². The molecule has 1 atom stereocenters. The van der Waals surface area contributed by atoms with Crippen LogP contribution < -0.4 is 4.72 Å². The fraction of sp³-hybridized carbons (Fsp3) is 0.556. The molecule has 0 aliphatic heterocycles. The SMILES string of the molecule is Cc1c(C)c(C)c(S(=O)(=O)NCCC(=O)N(C)C(C)C(=O)O)c(C)c1C. The average Bonchev–Trinajstić information content (AvgIpc) is 2.56. The van der Waals surface area contributed by atoms with Crippen molar-refractivity contribution in [3.63, 3.8) is 0 Å². The van der Waals surface area contributed by atoms with E-state index in [1.54, 1.807) is 13.8 Å². The quantitative estimate of drug-likeness (QED) is 0.746. The van der Waals surface area contributed by atoms with Crippen molar-refractivity contribution < 1.29 is 23.1 Å². The lowest BCUT2D eigenvalue weighted by atomic mass is 9.95. The molecule has 7 nitrogen and oxygen atoms in total. The Morgan fingerprint density at radius 1 is 1.00 bits per heavy atom. The van der Waals surface area contributed by atoms with Crippen LogP contribution in [0.1, 0.15) is 41.2 Å². The molecule has 0 radical (unpaired) electrons. The molecular formula is C18H28N2O5S. The van der Waals surface area contributed by atoms with Crippen LogP contribution >= 0.6 is 0 Å². The van der Waals surface area contributed by atoms with E-state index in [4.69, 9.17) is 5.11 Å². The number of rotatable bonds is 7. The monoisotopic (exact) mass is 384 g/mol. The summed E-state index contributed by atoms with van der Waals surface area (Å²) in [5.41, 5.74) is 4.32. The van der Waals surface area contributed by atoms with Crippen LogP contribution in [0.3, 0.4) is 0 Å². The topological polar surface area (TPSA) is 104 Å². The predicted octanol–water partition coefficient (Wildman–Crippen LogP) is 1.83. The first-order chi connectivity index (χ1) is 11.8. The number of nitrogens with one attached hydrogen (secondary N) is 1. The van der Waals surface area contributed by atoms with Crippen LogP contribution in [0.5, 0.6) is 0 Å². The van der Waals surface area contributed by atoms with Gasteiger partial charge in [-0.05, 0) is 69.4 Å². The van der Waals surface area contributed by atoms with Crippen molar-refractivity contribution in [3.05, 3.63) is 27.8 Å². The first-order valence-corrected chi connectivity index (χ1v) is 9.86. The second-order valence-corrected chi connectivity index (χ2v) is 8.32. The fourth-order valence-corrected chi connectivity index (χ4v) is 4.42. The average molecular weight is 384 g/mol. The normalized spacial score (nSPS) is 12.7. The summed E-state index contributed by atoms with van der Waals surface area (Å²) in [6, 6.07) is -0.967. The van der Waals surface area contributed by atoms with E-state index < -0.39 is 27.9 Å². The van der Waals surface area contributed by atoms with Gasteiger partial charge in [-0.2, -0.15) is 0 Å². The minimum atomic E-state index is -3.78. The zero-order valence-corrected chi connectivity index (χ0v) is 17.2. The van der Waals surface area contributed by atoms with Crippen LogP contribution in [0.25, 0.3) is 0 Å². The Morgan fingerprint density at radius 2 is 1.42 bits per heavy atom. The Balaban J connectivity index is 2.96. The number of hydrogen-bond acceptors (Lipinski definition) is 4. The second-order valence-electron chi connectivity index (χ2n) is 6.62. The third-order valence-corrected chi connectivity index (χ3v) is 6.90. The number of nitrogens with zero attached hydrogens (tertiary/aromatic N) is 1. The predicted molar refractivity (Wildman–Crippen MR) is 99.8 cm³/mol. The number of hydrogen-bond donors (Lipinski definition) is 2. The first-order valence-electron chi connectivity index (χ1n) is 8.38. The molecule has 0 fully saturated rings. The molecule has 8 heteroatoms. The van der Waals surface area contributed by atoms with Crippen LogP contribution in [-0.2, 0) is 19.6 Å². The number of carbonyl (C=O) groups is 2. The minimum Gasteiger partial charge on any atom is -0.480 e. The number of sulfonamides is 1. The van der Waals surface area contributed by atoms with Gasteiger partial charge in [0.25, 0.3) is 0 Å².